The molecular formula is C21H19BrN6OS2. The molecule has 31 heavy (non-hydrogen) atoms. The van der Waals surface area contributed by atoms with Crippen molar-refractivity contribution in [1.82, 2.24) is 30.3 Å². The standard InChI is InChI=1S/C21H19BrN6OS2/c1-13-10-14(2)25-21(24-13)31-12-18-19(20(29)23-11-17-4-3-9-30-17)26-27-28(18)16-7-5-15(22)6-8-16/h3-10H,11-12H2,1-2H3,(H,23,29). The molecule has 0 aliphatic carbocycles. The topological polar surface area (TPSA) is 85.6 Å². The van der Waals surface area contributed by atoms with Crippen molar-refractivity contribution in [3.63, 3.8) is 0 Å². The van der Waals surface area contributed by atoms with Crippen molar-refractivity contribution in [1.29, 1.82) is 0 Å². The Hall–Kier alpha value is -2.56. The van der Waals surface area contributed by atoms with E-state index in [0.717, 1.165) is 26.4 Å². The van der Waals surface area contributed by atoms with Gasteiger partial charge in [-0.15, -0.1) is 16.4 Å². The van der Waals surface area contributed by atoms with Gasteiger partial charge in [0.15, 0.2) is 10.9 Å². The maximum absolute atomic E-state index is 12.9. The minimum absolute atomic E-state index is 0.256. The van der Waals surface area contributed by atoms with E-state index in [0.29, 0.717) is 28.8 Å². The highest BCUT2D eigenvalue weighted by atomic mass is 79.9. The van der Waals surface area contributed by atoms with Crippen molar-refractivity contribution in [3.8, 4) is 5.69 Å². The number of benzene rings is 1. The number of aryl methyl sites for hydroxylation is 2. The van der Waals surface area contributed by atoms with Crippen molar-refractivity contribution in [2.24, 2.45) is 0 Å². The van der Waals surface area contributed by atoms with Gasteiger partial charge in [-0.2, -0.15) is 0 Å². The zero-order valence-corrected chi connectivity index (χ0v) is 20.1. The van der Waals surface area contributed by atoms with E-state index in [1.807, 2.05) is 61.7 Å². The second kappa shape index (κ2) is 9.71. The molecule has 7 nitrogen and oxygen atoms in total. The lowest BCUT2D eigenvalue weighted by molar-refractivity contribution is 0.0945. The molecule has 0 bridgehead atoms. The maximum atomic E-state index is 12.9. The summed E-state index contributed by atoms with van der Waals surface area (Å²) in [7, 11) is 0. The molecule has 4 aromatic rings. The lowest BCUT2D eigenvalue weighted by atomic mass is 10.3. The molecule has 0 fully saturated rings. The zero-order valence-electron chi connectivity index (χ0n) is 16.9. The average Bonchev–Trinajstić information content (AvgIpc) is 3.40. The first-order valence-electron chi connectivity index (χ1n) is 9.46. The summed E-state index contributed by atoms with van der Waals surface area (Å²) in [4.78, 5) is 23.0. The molecule has 0 atom stereocenters. The Morgan fingerprint density at radius 2 is 1.90 bits per heavy atom. The van der Waals surface area contributed by atoms with Gasteiger partial charge in [0.1, 0.15) is 0 Å². The largest absolute Gasteiger partial charge is 0.346 e. The summed E-state index contributed by atoms with van der Waals surface area (Å²) in [5.74, 6) is 0.196. The molecule has 3 aromatic heterocycles. The Balaban J connectivity index is 1.62. The van der Waals surface area contributed by atoms with Crippen LogP contribution in [0.5, 0.6) is 0 Å². The smallest absolute Gasteiger partial charge is 0.274 e. The van der Waals surface area contributed by atoms with Gasteiger partial charge >= 0.3 is 0 Å². The fourth-order valence-electron chi connectivity index (χ4n) is 2.95. The van der Waals surface area contributed by atoms with E-state index >= 15 is 0 Å². The van der Waals surface area contributed by atoms with E-state index in [4.69, 9.17) is 0 Å². The summed E-state index contributed by atoms with van der Waals surface area (Å²) < 4.78 is 2.66. The number of rotatable bonds is 7. The van der Waals surface area contributed by atoms with Crippen LogP contribution in [-0.2, 0) is 12.3 Å². The van der Waals surface area contributed by atoms with Crippen LogP contribution in [0.3, 0.4) is 0 Å². The number of amides is 1. The number of nitrogens with zero attached hydrogens (tertiary/aromatic N) is 5. The lowest BCUT2D eigenvalue weighted by Crippen LogP contribution is -2.24. The van der Waals surface area contributed by atoms with E-state index in [9.17, 15) is 4.79 Å². The highest BCUT2D eigenvalue weighted by molar-refractivity contribution is 9.10. The van der Waals surface area contributed by atoms with Gasteiger partial charge in [-0.25, -0.2) is 14.6 Å². The number of hydrogen-bond acceptors (Lipinski definition) is 7. The molecule has 0 unspecified atom stereocenters. The molecule has 1 amide bonds. The third-order valence-corrected chi connectivity index (χ3v) is 6.62. The van der Waals surface area contributed by atoms with Gasteiger partial charge in [-0.3, -0.25) is 4.79 Å². The van der Waals surface area contributed by atoms with Gasteiger partial charge in [0.05, 0.1) is 17.9 Å². The molecule has 1 aromatic carbocycles. The zero-order chi connectivity index (χ0) is 21.8. The third-order valence-electron chi connectivity index (χ3n) is 4.35. The molecule has 4 rings (SSSR count). The minimum atomic E-state index is -0.256. The number of halogens is 1. The maximum Gasteiger partial charge on any atom is 0.274 e. The van der Waals surface area contributed by atoms with Crippen LogP contribution < -0.4 is 5.32 Å². The molecule has 0 aliphatic rings. The molecule has 0 saturated heterocycles. The first-order chi connectivity index (χ1) is 15.0. The molecule has 0 spiro atoms. The molecule has 10 heteroatoms. The highest BCUT2D eigenvalue weighted by Gasteiger charge is 2.21. The molecular weight excluding hydrogens is 496 g/mol. The molecule has 0 radical (unpaired) electrons. The van der Waals surface area contributed by atoms with Gasteiger partial charge in [-0.05, 0) is 55.6 Å². The highest BCUT2D eigenvalue weighted by Crippen LogP contribution is 2.24. The van der Waals surface area contributed by atoms with Crippen LogP contribution in [0.2, 0.25) is 0 Å². The van der Waals surface area contributed by atoms with Gasteiger partial charge in [0.2, 0.25) is 0 Å². The van der Waals surface area contributed by atoms with Crippen LogP contribution in [0.1, 0.15) is 32.4 Å². The average molecular weight is 515 g/mol. The Labute approximate surface area is 196 Å². The number of carbonyl (C=O) groups excluding carboxylic acids is 1. The monoisotopic (exact) mass is 514 g/mol. The van der Waals surface area contributed by atoms with E-state index in [1.165, 1.54) is 11.8 Å². The predicted octanol–water partition coefficient (Wildman–Crippen LogP) is 4.72. The normalized spacial score (nSPS) is 10.9. The van der Waals surface area contributed by atoms with Crippen molar-refractivity contribution < 1.29 is 4.79 Å². The number of aromatic nitrogens is 5. The van der Waals surface area contributed by atoms with E-state index in [-0.39, 0.29) is 5.91 Å². The number of nitrogens with one attached hydrogen (secondary N) is 1. The van der Waals surface area contributed by atoms with Crippen LogP contribution in [0.25, 0.3) is 5.69 Å². The lowest BCUT2D eigenvalue weighted by Gasteiger charge is -2.09. The van der Waals surface area contributed by atoms with E-state index in [1.54, 1.807) is 16.0 Å². The van der Waals surface area contributed by atoms with Gasteiger partial charge in [0, 0.05) is 26.5 Å². The van der Waals surface area contributed by atoms with Gasteiger partial charge in [-0.1, -0.05) is 39.0 Å². The molecule has 158 valence electrons. The SMILES string of the molecule is Cc1cc(C)nc(SCc2c(C(=O)NCc3cccs3)nnn2-c2ccc(Br)cc2)n1. The second-order valence-corrected chi connectivity index (χ2v) is 9.65. The number of thioether (sulfide) groups is 1. The summed E-state index contributed by atoms with van der Waals surface area (Å²) >= 11 is 6.50. The Kier molecular flexibility index (Phi) is 6.79. The van der Waals surface area contributed by atoms with Gasteiger partial charge < -0.3 is 5.32 Å². The number of thiophene rings is 1. The Morgan fingerprint density at radius 3 is 2.58 bits per heavy atom. The second-order valence-electron chi connectivity index (χ2n) is 6.76. The third kappa shape index (κ3) is 5.38. The Bertz CT molecular complexity index is 1170. The van der Waals surface area contributed by atoms with E-state index < -0.39 is 0 Å². The number of carbonyl (C=O) groups is 1. The molecule has 0 saturated carbocycles. The quantitative estimate of drug-likeness (QED) is 0.283. The molecule has 0 aliphatic heterocycles. The predicted molar refractivity (Wildman–Crippen MR) is 126 cm³/mol. The summed E-state index contributed by atoms with van der Waals surface area (Å²) in [6.07, 6.45) is 0. The summed E-state index contributed by atoms with van der Waals surface area (Å²) in [6.45, 7) is 4.33. The van der Waals surface area contributed by atoms with Crippen molar-refractivity contribution in [2.45, 2.75) is 31.3 Å². The minimum Gasteiger partial charge on any atom is -0.346 e. The summed E-state index contributed by atoms with van der Waals surface area (Å²) in [5.41, 5.74) is 3.63. The first-order valence-corrected chi connectivity index (χ1v) is 12.1. The number of hydrogen-bond donors (Lipinski definition) is 1. The Morgan fingerprint density at radius 1 is 1.16 bits per heavy atom. The molecule has 1 N–H and O–H groups in total. The van der Waals surface area contributed by atoms with E-state index in [2.05, 4.69) is 41.5 Å². The summed E-state index contributed by atoms with van der Waals surface area (Å²) in [6, 6.07) is 13.6. The van der Waals surface area contributed by atoms with Crippen LogP contribution in [-0.4, -0.2) is 30.9 Å². The fourth-order valence-corrected chi connectivity index (χ4v) is 4.80. The summed E-state index contributed by atoms with van der Waals surface area (Å²) in [5, 5.41) is 14.1. The van der Waals surface area contributed by atoms with Gasteiger partial charge in [0.25, 0.3) is 5.91 Å². The van der Waals surface area contributed by atoms with Crippen LogP contribution in [0.4, 0.5) is 0 Å². The molecule has 3 heterocycles. The van der Waals surface area contributed by atoms with Crippen LogP contribution >= 0.6 is 39.0 Å². The van der Waals surface area contributed by atoms with Crippen LogP contribution in [0.15, 0.2) is 57.5 Å². The van der Waals surface area contributed by atoms with Crippen molar-refractivity contribution in [3.05, 3.63) is 80.0 Å². The fraction of sp³-hybridized carbons (Fsp3) is 0.190. The van der Waals surface area contributed by atoms with Crippen molar-refractivity contribution >= 4 is 44.9 Å². The first kappa shape index (κ1) is 21.7. The van der Waals surface area contributed by atoms with Crippen molar-refractivity contribution in [2.75, 3.05) is 0 Å². The van der Waals surface area contributed by atoms with Crippen LogP contribution in [0, 0.1) is 13.8 Å².